The minimum absolute atomic E-state index is 0.0328. The van der Waals surface area contributed by atoms with Crippen LogP contribution >= 0.6 is 0 Å². The van der Waals surface area contributed by atoms with Crippen molar-refractivity contribution in [3.8, 4) is 0 Å². The zero-order valence-corrected chi connectivity index (χ0v) is 15.8. The molecule has 2 fully saturated rings. The molecule has 4 nitrogen and oxygen atoms in total. The number of fused-ring (bicyclic) bond motifs is 1. The average molecular weight is 341 g/mol. The highest BCUT2D eigenvalue weighted by Crippen LogP contribution is 2.63. The summed E-state index contributed by atoms with van der Waals surface area (Å²) in [5.74, 6) is 0.466. The van der Waals surface area contributed by atoms with Crippen LogP contribution in [-0.4, -0.2) is 44.8 Å². The maximum Gasteiger partial charge on any atom is 0.0978 e. The first-order valence-corrected chi connectivity index (χ1v) is 9.34. The smallest absolute Gasteiger partial charge is 0.0978 e. The molecule has 2 saturated carbocycles. The van der Waals surface area contributed by atoms with Crippen LogP contribution < -0.4 is 0 Å². The Morgan fingerprint density at radius 3 is 2.38 bits per heavy atom. The van der Waals surface area contributed by atoms with Gasteiger partial charge >= 0.3 is 0 Å². The van der Waals surface area contributed by atoms with E-state index in [9.17, 15) is 15.3 Å². The quantitative estimate of drug-likeness (QED) is 0.580. The number of aliphatic hydroxyl groups is 4. The molecule has 0 saturated heterocycles. The maximum atomic E-state index is 11.1. The molecule has 4 N–H and O–H groups in total. The molecule has 0 spiro atoms. The third-order valence-electron chi connectivity index (χ3n) is 7.39. The van der Waals surface area contributed by atoms with Crippen molar-refractivity contribution in [3.05, 3.63) is 12.2 Å². The summed E-state index contributed by atoms with van der Waals surface area (Å²) in [5, 5.41) is 40.4. The fourth-order valence-corrected chi connectivity index (χ4v) is 5.78. The standard InChI is InChI=1S/C20H36O4/c1-13(14(22)12-21)6-7-16-19(4)10-9-17(23)18(2,3)15(19)8-11-20(16,5)24/h14-17,21-24H,1,6-12H2,2-5H3/t14-,15+,16-,17-,19+,20-/m0/s1. The van der Waals surface area contributed by atoms with E-state index in [-0.39, 0.29) is 29.5 Å². The lowest BCUT2D eigenvalue weighted by molar-refractivity contribution is -0.195. The first-order chi connectivity index (χ1) is 11.0. The Kier molecular flexibility index (Phi) is 5.57. The predicted octanol–water partition coefficient (Wildman–Crippen LogP) is 2.64. The molecule has 0 aromatic heterocycles. The normalized spacial score (nSPS) is 43.1. The first-order valence-electron chi connectivity index (χ1n) is 9.34. The van der Waals surface area contributed by atoms with E-state index in [4.69, 9.17) is 5.11 Å². The van der Waals surface area contributed by atoms with Gasteiger partial charge in [-0.2, -0.15) is 0 Å². The molecule has 2 rings (SSSR count). The van der Waals surface area contributed by atoms with Gasteiger partial charge in [-0.15, -0.1) is 0 Å². The molecule has 0 aromatic rings. The monoisotopic (exact) mass is 340 g/mol. The molecule has 0 aromatic carbocycles. The second kappa shape index (κ2) is 6.71. The molecule has 6 atom stereocenters. The van der Waals surface area contributed by atoms with Crippen LogP contribution in [0.1, 0.15) is 66.2 Å². The minimum Gasteiger partial charge on any atom is -0.393 e. The van der Waals surface area contributed by atoms with Crippen molar-refractivity contribution in [1.29, 1.82) is 0 Å². The van der Waals surface area contributed by atoms with E-state index in [0.717, 1.165) is 32.1 Å². The molecule has 2 aliphatic carbocycles. The van der Waals surface area contributed by atoms with Crippen LogP contribution in [-0.2, 0) is 0 Å². The van der Waals surface area contributed by atoms with Gasteiger partial charge in [0.15, 0.2) is 0 Å². The summed E-state index contributed by atoms with van der Waals surface area (Å²) in [5.41, 5.74) is -0.291. The van der Waals surface area contributed by atoms with Crippen LogP contribution in [0.2, 0.25) is 0 Å². The molecule has 2 aliphatic rings. The highest BCUT2D eigenvalue weighted by molar-refractivity contribution is 5.11. The zero-order valence-electron chi connectivity index (χ0n) is 15.8. The van der Waals surface area contributed by atoms with Crippen LogP contribution in [0, 0.1) is 22.7 Å². The van der Waals surface area contributed by atoms with Gasteiger partial charge < -0.3 is 20.4 Å². The van der Waals surface area contributed by atoms with Gasteiger partial charge in [0.25, 0.3) is 0 Å². The lowest BCUT2D eigenvalue weighted by atomic mass is 9.44. The van der Waals surface area contributed by atoms with E-state index in [2.05, 4.69) is 27.4 Å². The van der Waals surface area contributed by atoms with E-state index in [1.165, 1.54) is 0 Å². The van der Waals surface area contributed by atoms with Crippen molar-refractivity contribution in [3.63, 3.8) is 0 Å². The van der Waals surface area contributed by atoms with E-state index in [1.54, 1.807) is 0 Å². The fraction of sp³-hybridized carbons (Fsp3) is 0.900. The third-order valence-corrected chi connectivity index (χ3v) is 7.39. The maximum absolute atomic E-state index is 11.1. The molecule has 0 bridgehead atoms. The summed E-state index contributed by atoms with van der Waals surface area (Å²) in [4.78, 5) is 0. The lowest BCUT2D eigenvalue weighted by Gasteiger charge is -2.62. The van der Waals surface area contributed by atoms with Gasteiger partial charge in [-0.25, -0.2) is 0 Å². The SMILES string of the molecule is C=C(CC[C@H]1[C@]2(C)CC[C@H](O)C(C)(C)[C@H]2CC[C@]1(C)O)[C@@H](O)CO. The number of aliphatic hydroxyl groups excluding tert-OH is 3. The third kappa shape index (κ3) is 3.31. The topological polar surface area (TPSA) is 80.9 Å². The molecular formula is C20H36O4. The molecule has 0 amide bonds. The number of hydrogen-bond donors (Lipinski definition) is 4. The highest BCUT2D eigenvalue weighted by atomic mass is 16.3. The van der Waals surface area contributed by atoms with E-state index < -0.39 is 11.7 Å². The average Bonchev–Trinajstić information content (AvgIpc) is 2.49. The first kappa shape index (κ1) is 19.9. The van der Waals surface area contributed by atoms with Crippen molar-refractivity contribution < 1.29 is 20.4 Å². The Labute approximate surface area is 146 Å². The predicted molar refractivity (Wildman–Crippen MR) is 95.4 cm³/mol. The minimum atomic E-state index is -0.883. The Bertz CT molecular complexity index is 470. The van der Waals surface area contributed by atoms with E-state index >= 15 is 0 Å². The van der Waals surface area contributed by atoms with Crippen LogP contribution in [0.5, 0.6) is 0 Å². The zero-order chi connectivity index (χ0) is 18.3. The second-order valence-corrected chi connectivity index (χ2v) is 9.28. The van der Waals surface area contributed by atoms with Gasteiger partial charge in [-0.3, -0.25) is 0 Å². The van der Waals surface area contributed by atoms with Crippen LogP contribution in [0.3, 0.4) is 0 Å². The molecule has 0 heterocycles. The molecule has 0 radical (unpaired) electrons. The Morgan fingerprint density at radius 1 is 1.17 bits per heavy atom. The van der Waals surface area contributed by atoms with Crippen molar-refractivity contribution in [1.82, 2.24) is 0 Å². The molecule has 24 heavy (non-hydrogen) atoms. The van der Waals surface area contributed by atoms with E-state index in [1.807, 2.05) is 6.92 Å². The fourth-order valence-electron chi connectivity index (χ4n) is 5.78. The second-order valence-electron chi connectivity index (χ2n) is 9.28. The Hall–Kier alpha value is -0.420. The highest BCUT2D eigenvalue weighted by Gasteiger charge is 2.59. The van der Waals surface area contributed by atoms with Crippen molar-refractivity contribution in [2.75, 3.05) is 6.61 Å². The Morgan fingerprint density at radius 2 is 1.79 bits per heavy atom. The van der Waals surface area contributed by atoms with E-state index in [0.29, 0.717) is 17.9 Å². The molecular weight excluding hydrogens is 304 g/mol. The van der Waals surface area contributed by atoms with Gasteiger partial charge in [-0.1, -0.05) is 27.4 Å². The summed E-state index contributed by atoms with van der Waals surface area (Å²) in [6.07, 6.45) is 3.55. The molecule has 0 aliphatic heterocycles. The van der Waals surface area contributed by atoms with Gasteiger partial charge in [0, 0.05) is 0 Å². The van der Waals surface area contributed by atoms with Gasteiger partial charge in [0.2, 0.25) is 0 Å². The lowest BCUT2D eigenvalue weighted by Crippen LogP contribution is -2.60. The number of rotatable bonds is 5. The summed E-state index contributed by atoms with van der Waals surface area (Å²) in [7, 11) is 0. The van der Waals surface area contributed by atoms with Crippen molar-refractivity contribution >= 4 is 0 Å². The van der Waals surface area contributed by atoms with Crippen molar-refractivity contribution in [2.45, 2.75) is 84.0 Å². The summed E-state index contributed by atoms with van der Waals surface area (Å²) in [6, 6.07) is 0. The van der Waals surface area contributed by atoms with Crippen LogP contribution in [0.25, 0.3) is 0 Å². The van der Waals surface area contributed by atoms with Crippen molar-refractivity contribution in [2.24, 2.45) is 22.7 Å². The number of hydrogen-bond acceptors (Lipinski definition) is 4. The summed E-state index contributed by atoms with van der Waals surface area (Å²) < 4.78 is 0. The Balaban J connectivity index is 2.24. The van der Waals surface area contributed by atoms with Gasteiger partial charge in [0.1, 0.15) is 0 Å². The summed E-state index contributed by atoms with van der Waals surface area (Å²) >= 11 is 0. The van der Waals surface area contributed by atoms with Crippen LogP contribution in [0.15, 0.2) is 12.2 Å². The molecule has 140 valence electrons. The molecule has 0 unspecified atom stereocenters. The van der Waals surface area contributed by atoms with Gasteiger partial charge in [-0.05, 0) is 73.7 Å². The van der Waals surface area contributed by atoms with Crippen LogP contribution in [0.4, 0.5) is 0 Å². The summed E-state index contributed by atoms with van der Waals surface area (Å²) in [6.45, 7) is 12.1. The molecule has 4 heteroatoms. The van der Waals surface area contributed by atoms with Gasteiger partial charge in [0.05, 0.1) is 24.4 Å². The largest absolute Gasteiger partial charge is 0.393 e.